The van der Waals surface area contributed by atoms with Crippen LogP contribution in [0.4, 0.5) is 5.95 Å². The summed E-state index contributed by atoms with van der Waals surface area (Å²) in [6, 6.07) is 0. The maximum absolute atomic E-state index is 4.51. The first-order valence-corrected chi connectivity index (χ1v) is 7.33. The normalized spacial score (nSPS) is 12.8. The van der Waals surface area contributed by atoms with Crippen LogP contribution in [-0.2, 0) is 6.54 Å². The lowest BCUT2D eigenvalue weighted by molar-refractivity contribution is 0.534. The van der Waals surface area contributed by atoms with Crippen molar-refractivity contribution in [3.63, 3.8) is 0 Å². The van der Waals surface area contributed by atoms with Crippen LogP contribution in [-0.4, -0.2) is 28.1 Å². The molecule has 0 aliphatic carbocycles. The molecular weight excluding hydrogens is 218 g/mol. The van der Waals surface area contributed by atoms with E-state index in [0.29, 0.717) is 5.92 Å². The summed E-state index contributed by atoms with van der Waals surface area (Å²) in [5.74, 6) is 2.91. The van der Waals surface area contributed by atoms with E-state index in [0.717, 1.165) is 31.2 Å². The molecule has 92 valence electrons. The van der Waals surface area contributed by atoms with E-state index in [2.05, 4.69) is 41.2 Å². The van der Waals surface area contributed by atoms with Gasteiger partial charge in [0.2, 0.25) is 5.95 Å². The van der Waals surface area contributed by atoms with Crippen LogP contribution in [0.25, 0.3) is 0 Å². The Morgan fingerprint density at radius 3 is 2.94 bits per heavy atom. The summed E-state index contributed by atoms with van der Waals surface area (Å²) in [6.45, 7) is 8.55. The van der Waals surface area contributed by atoms with Gasteiger partial charge in [0.1, 0.15) is 0 Å². The van der Waals surface area contributed by atoms with E-state index in [1.807, 2.05) is 18.7 Å². The predicted octanol–water partition coefficient (Wildman–Crippen LogP) is 3.01. The second-order valence-electron chi connectivity index (χ2n) is 4.35. The number of imidazole rings is 1. The third kappa shape index (κ3) is 4.08. The average Bonchev–Trinajstić information content (AvgIpc) is 2.56. The van der Waals surface area contributed by atoms with Crippen molar-refractivity contribution in [2.45, 2.75) is 33.7 Å². The third-order valence-electron chi connectivity index (χ3n) is 2.39. The lowest BCUT2D eigenvalue weighted by Gasteiger charge is -2.13. The van der Waals surface area contributed by atoms with Crippen LogP contribution in [0, 0.1) is 12.8 Å². The monoisotopic (exact) mass is 241 g/mol. The molecule has 16 heavy (non-hydrogen) atoms. The van der Waals surface area contributed by atoms with E-state index in [-0.39, 0.29) is 0 Å². The number of thioether (sulfide) groups is 1. The first-order chi connectivity index (χ1) is 7.67. The van der Waals surface area contributed by atoms with Crippen LogP contribution in [0.2, 0.25) is 0 Å². The molecule has 1 aromatic rings. The molecule has 0 fully saturated rings. The fraction of sp³-hybridized carbons (Fsp3) is 0.750. The minimum absolute atomic E-state index is 0.686. The Balaban J connectivity index is 2.62. The lowest BCUT2D eigenvalue weighted by atomic mass is 10.2. The summed E-state index contributed by atoms with van der Waals surface area (Å²) in [6.07, 6.45) is 5.42. The zero-order valence-electron chi connectivity index (χ0n) is 10.8. The lowest BCUT2D eigenvalue weighted by Crippen LogP contribution is -2.13. The van der Waals surface area contributed by atoms with Crippen molar-refractivity contribution in [3.8, 4) is 0 Å². The highest BCUT2D eigenvalue weighted by Crippen LogP contribution is 2.14. The summed E-state index contributed by atoms with van der Waals surface area (Å²) in [5, 5.41) is 3.38. The second kappa shape index (κ2) is 6.84. The van der Waals surface area contributed by atoms with E-state index < -0.39 is 0 Å². The highest BCUT2D eigenvalue weighted by Gasteiger charge is 2.08. The van der Waals surface area contributed by atoms with Crippen LogP contribution >= 0.6 is 11.8 Å². The topological polar surface area (TPSA) is 29.9 Å². The molecule has 0 aliphatic heterocycles. The Morgan fingerprint density at radius 2 is 2.31 bits per heavy atom. The van der Waals surface area contributed by atoms with Gasteiger partial charge in [-0.15, -0.1) is 0 Å². The van der Waals surface area contributed by atoms with E-state index in [1.165, 1.54) is 5.75 Å². The van der Waals surface area contributed by atoms with Gasteiger partial charge in [0.05, 0.1) is 5.69 Å². The number of anilines is 1. The van der Waals surface area contributed by atoms with Gasteiger partial charge in [-0.1, -0.05) is 13.8 Å². The molecule has 1 N–H and O–H groups in total. The molecule has 0 bridgehead atoms. The maximum Gasteiger partial charge on any atom is 0.203 e. The molecule has 0 radical (unpaired) electrons. The molecule has 1 rings (SSSR count). The van der Waals surface area contributed by atoms with Gasteiger partial charge in [0.25, 0.3) is 0 Å². The van der Waals surface area contributed by atoms with Crippen molar-refractivity contribution in [2.24, 2.45) is 5.92 Å². The molecule has 1 unspecified atom stereocenters. The molecule has 0 spiro atoms. The van der Waals surface area contributed by atoms with Gasteiger partial charge >= 0.3 is 0 Å². The van der Waals surface area contributed by atoms with Crippen molar-refractivity contribution < 1.29 is 0 Å². The number of nitrogens with zero attached hydrogens (tertiary/aromatic N) is 2. The number of hydrogen-bond donors (Lipinski definition) is 1. The van der Waals surface area contributed by atoms with Crippen LogP contribution in [0.3, 0.4) is 0 Å². The number of aryl methyl sites for hydroxylation is 1. The average molecular weight is 241 g/mol. The second-order valence-corrected chi connectivity index (χ2v) is 5.26. The molecule has 4 heteroatoms. The number of aromatic nitrogens is 2. The molecule has 0 aliphatic rings. The summed E-state index contributed by atoms with van der Waals surface area (Å²) in [4.78, 5) is 4.51. The van der Waals surface area contributed by atoms with E-state index >= 15 is 0 Å². The quantitative estimate of drug-likeness (QED) is 0.796. The maximum atomic E-state index is 4.51. The minimum atomic E-state index is 0.686. The van der Waals surface area contributed by atoms with E-state index in [4.69, 9.17) is 0 Å². The van der Waals surface area contributed by atoms with Gasteiger partial charge in [-0.2, -0.15) is 11.8 Å². The van der Waals surface area contributed by atoms with Crippen molar-refractivity contribution >= 4 is 17.7 Å². The predicted molar refractivity (Wildman–Crippen MR) is 73.3 cm³/mol. The summed E-state index contributed by atoms with van der Waals surface area (Å²) >= 11 is 1.91. The zero-order valence-corrected chi connectivity index (χ0v) is 11.6. The van der Waals surface area contributed by atoms with Gasteiger partial charge < -0.3 is 9.88 Å². The minimum Gasteiger partial charge on any atom is -0.356 e. The van der Waals surface area contributed by atoms with Crippen LogP contribution in [0.5, 0.6) is 0 Å². The first kappa shape index (κ1) is 13.4. The third-order valence-corrected chi connectivity index (χ3v) is 3.29. The standard InChI is InChI=1S/C12H23N3S/c1-5-6-13-12-14-11(3)8-15(12)7-10(2)9-16-4/h8,10H,5-7,9H2,1-4H3,(H,13,14). The smallest absolute Gasteiger partial charge is 0.203 e. The van der Waals surface area contributed by atoms with Crippen LogP contribution < -0.4 is 5.32 Å². The summed E-state index contributed by atoms with van der Waals surface area (Å²) in [5.41, 5.74) is 1.09. The number of nitrogens with one attached hydrogen (secondary N) is 1. The Kier molecular flexibility index (Phi) is 5.74. The Labute approximate surface area is 103 Å². The van der Waals surface area contributed by atoms with Crippen LogP contribution in [0.1, 0.15) is 26.0 Å². The SMILES string of the molecule is CCCNc1nc(C)cn1CC(C)CSC. The van der Waals surface area contributed by atoms with Gasteiger partial charge in [0, 0.05) is 19.3 Å². The number of hydrogen-bond acceptors (Lipinski definition) is 3. The van der Waals surface area contributed by atoms with Crippen molar-refractivity contribution in [1.29, 1.82) is 0 Å². The Bertz CT molecular complexity index is 309. The number of rotatable bonds is 7. The van der Waals surface area contributed by atoms with E-state index in [9.17, 15) is 0 Å². The van der Waals surface area contributed by atoms with Crippen LogP contribution in [0.15, 0.2) is 6.20 Å². The van der Waals surface area contributed by atoms with Crippen molar-refractivity contribution in [1.82, 2.24) is 9.55 Å². The molecular formula is C12H23N3S. The molecule has 0 amide bonds. The Hall–Kier alpha value is -0.640. The molecule has 0 aromatic carbocycles. The zero-order chi connectivity index (χ0) is 12.0. The highest BCUT2D eigenvalue weighted by molar-refractivity contribution is 7.98. The first-order valence-electron chi connectivity index (χ1n) is 5.94. The fourth-order valence-corrected chi connectivity index (χ4v) is 2.41. The molecule has 1 aromatic heterocycles. The molecule has 3 nitrogen and oxygen atoms in total. The van der Waals surface area contributed by atoms with Crippen molar-refractivity contribution in [3.05, 3.63) is 11.9 Å². The van der Waals surface area contributed by atoms with Gasteiger partial charge in [-0.05, 0) is 31.3 Å². The fourth-order valence-electron chi connectivity index (χ4n) is 1.74. The molecule has 1 heterocycles. The van der Waals surface area contributed by atoms with Gasteiger partial charge in [-0.25, -0.2) is 4.98 Å². The largest absolute Gasteiger partial charge is 0.356 e. The molecule has 0 saturated heterocycles. The van der Waals surface area contributed by atoms with Gasteiger partial charge in [0.15, 0.2) is 0 Å². The highest BCUT2D eigenvalue weighted by atomic mass is 32.2. The molecule has 1 atom stereocenters. The summed E-state index contributed by atoms with van der Waals surface area (Å²) < 4.78 is 2.24. The van der Waals surface area contributed by atoms with Gasteiger partial charge in [-0.3, -0.25) is 0 Å². The summed E-state index contributed by atoms with van der Waals surface area (Å²) in [7, 11) is 0. The Morgan fingerprint density at radius 1 is 1.56 bits per heavy atom. The van der Waals surface area contributed by atoms with E-state index in [1.54, 1.807) is 0 Å². The van der Waals surface area contributed by atoms with Crippen molar-refractivity contribution in [2.75, 3.05) is 23.9 Å². The molecule has 0 saturated carbocycles.